The Morgan fingerprint density at radius 2 is 1.95 bits per heavy atom. The van der Waals surface area contributed by atoms with E-state index < -0.39 is 33.1 Å². The Kier molecular flexibility index (Phi) is 5.15. The molecule has 0 aliphatic heterocycles. The smallest absolute Gasteiger partial charge is 0.239 e. The van der Waals surface area contributed by atoms with E-state index >= 15 is 0 Å². The standard InChI is InChI=1S/C13H10ClF2NO3S2/c14-12-4-2-9(21-12)6-22(19,20)7-13(18)17-11-3-1-8(15)5-10(11)16/h1-5H,6-7H2,(H,17,18). The monoisotopic (exact) mass is 365 g/mol. The van der Waals surface area contributed by atoms with Gasteiger partial charge in [0.1, 0.15) is 17.4 Å². The van der Waals surface area contributed by atoms with E-state index in [0.717, 1.165) is 23.5 Å². The van der Waals surface area contributed by atoms with Gasteiger partial charge in [-0.3, -0.25) is 4.79 Å². The van der Waals surface area contributed by atoms with Crippen molar-refractivity contribution in [2.75, 3.05) is 11.1 Å². The summed E-state index contributed by atoms with van der Waals surface area (Å²) in [4.78, 5) is 12.2. The third-order valence-electron chi connectivity index (χ3n) is 2.55. The zero-order valence-corrected chi connectivity index (χ0v) is 13.4. The predicted molar refractivity (Wildman–Crippen MR) is 81.8 cm³/mol. The van der Waals surface area contributed by atoms with E-state index in [1.54, 1.807) is 12.1 Å². The second-order valence-electron chi connectivity index (χ2n) is 4.41. The van der Waals surface area contributed by atoms with E-state index in [2.05, 4.69) is 5.32 Å². The van der Waals surface area contributed by atoms with Gasteiger partial charge in [0.2, 0.25) is 5.91 Å². The molecule has 0 spiro atoms. The van der Waals surface area contributed by atoms with Crippen molar-refractivity contribution in [1.82, 2.24) is 0 Å². The van der Waals surface area contributed by atoms with Gasteiger partial charge in [-0.05, 0) is 24.3 Å². The summed E-state index contributed by atoms with van der Waals surface area (Å²) >= 11 is 6.81. The first-order chi connectivity index (χ1) is 10.2. The minimum absolute atomic E-state index is 0.277. The van der Waals surface area contributed by atoms with Gasteiger partial charge in [-0.2, -0.15) is 0 Å². The molecular formula is C13H10ClF2NO3S2. The van der Waals surface area contributed by atoms with Crippen LogP contribution in [0.4, 0.5) is 14.5 Å². The molecule has 1 N–H and O–H groups in total. The second kappa shape index (κ2) is 6.72. The fraction of sp³-hybridized carbons (Fsp3) is 0.154. The van der Waals surface area contributed by atoms with E-state index in [1.165, 1.54) is 0 Å². The fourth-order valence-corrected chi connectivity index (χ4v) is 4.43. The Hall–Kier alpha value is -1.51. The molecule has 0 atom stereocenters. The van der Waals surface area contributed by atoms with Crippen LogP contribution in [-0.4, -0.2) is 20.1 Å². The van der Waals surface area contributed by atoms with E-state index in [1.807, 2.05) is 0 Å². The molecule has 0 aliphatic rings. The number of thiophene rings is 1. The van der Waals surface area contributed by atoms with Crippen LogP contribution >= 0.6 is 22.9 Å². The summed E-state index contributed by atoms with van der Waals surface area (Å²) in [6.07, 6.45) is 0. The van der Waals surface area contributed by atoms with Gasteiger partial charge in [0.05, 0.1) is 15.8 Å². The Morgan fingerprint density at radius 3 is 2.55 bits per heavy atom. The minimum atomic E-state index is -3.72. The van der Waals surface area contributed by atoms with Gasteiger partial charge in [-0.25, -0.2) is 17.2 Å². The van der Waals surface area contributed by atoms with Crippen LogP contribution in [0.5, 0.6) is 0 Å². The topological polar surface area (TPSA) is 63.2 Å². The number of halogens is 3. The molecule has 2 rings (SSSR count). The van der Waals surface area contributed by atoms with Gasteiger partial charge in [0.15, 0.2) is 9.84 Å². The highest BCUT2D eigenvalue weighted by atomic mass is 35.5. The maximum absolute atomic E-state index is 13.4. The highest BCUT2D eigenvalue weighted by Gasteiger charge is 2.19. The van der Waals surface area contributed by atoms with E-state index in [9.17, 15) is 22.0 Å². The minimum Gasteiger partial charge on any atom is -0.323 e. The molecule has 0 radical (unpaired) electrons. The van der Waals surface area contributed by atoms with E-state index in [0.29, 0.717) is 15.3 Å². The van der Waals surface area contributed by atoms with Crippen molar-refractivity contribution >= 4 is 44.4 Å². The molecule has 0 saturated heterocycles. The lowest BCUT2D eigenvalue weighted by molar-refractivity contribution is -0.113. The van der Waals surface area contributed by atoms with Crippen molar-refractivity contribution in [3.63, 3.8) is 0 Å². The Morgan fingerprint density at radius 1 is 1.23 bits per heavy atom. The van der Waals surface area contributed by atoms with Crippen molar-refractivity contribution < 1.29 is 22.0 Å². The average molecular weight is 366 g/mol. The lowest BCUT2D eigenvalue weighted by Gasteiger charge is -2.07. The quantitative estimate of drug-likeness (QED) is 0.884. The number of carbonyl (C=O) groups is 1. The van der Waals surface area contributed by atoms with Crippen LogP contribution < -0.4 is 5.32 Å². The number of rotatable bonds is 5. The number of hydrogen-bond donors (Lipinski definition) is 1. The van der Waals surface area contributed by atoms with Crippen LogP contribution in [0.3, 0.4) is 0 Å². The molecule has 1 heterocycles. The van der Waals surface area contributed by atoms with E-state index in [4.69, 9.17) is 11.6 Å². The Bertz CT molecular complexity index is 805. The summed E-state index contributed by atoms with van der Waals surface area (Å²) < 4.78 is 50.4. The molecule has 9 heteroatoms. The lowest BCUT2D eigenvalue weighted by Crippen LogP contribution is -2.24. The predicted octanol–water partition coefficient (Wildman–Crippen LogP) is 3.23. The largest absolute Gasteiger partial charge is 0.323 e. The summed E-state index contributed by atoms with van der Waals surface area (Å²) in [6.45, 7) is 0. The number of sulfone groups is 1. The summed E-state index contributed by atoms with van der Waals surface area (Å²) in [5.41, 5.74) is -0.277. The zero-order valence-electron chi connectivity index (χ0n) is 11.0. The summed E-state index contributed by atoms with van der Waals surface area (Å²) in [5, 5.41) is 2.10. The molecule has 0 fully saturated rings. The maximum Gasteiger partial charge on any atom is 0.239 e. The number of benzene rings is 1. The van der Waals surface area contributed by atoms with Crippen LogP contribution in [0.25, 0.3) is 0 Å². The van der Waals surface area contributed by atoms with Gasteiger partial charge in [0, 0.05) is 10.9 Å². The second-order valence-corrected chi connectivity index (χ2v) is 8.27. The number of amides is 1. The number of hydrogen-bond acceptors (Lipinski definition) is 4. The van der Waals surface area contributed by atoms with Crippen molar-refractivity contribution in [1.29, 1.82) is 0 Å². The molecule has 4 nitrogen and oxygen atoms in total. The summed E-state index contributed by atoms with van der Waals surface area (Å²) in [5.74, 6) is -3.80. The normalized spacial score (nSPS) is 11.4. The molecule has 118 valence electrons. The first-order valence-electron chi connectivity index (χ1n) is 5.95. The number of anilines is 1. The van der Waals surface area contributed by atoms with Crippen LogP contribution in [0.1, 0.15) is 4.88 Å². The molecule has 1 aromatic carbocycles. The lowest BCUT2D eigenvalue weighted by atomic mass is 10.3. The van der Waals surface area contributed by atoms with Crippen LogP contribution in [0.15, 0.2) is 30.3 Å². The van der Waals surface area contributed by atoms with Crippen molar-refractivity contribution in [3.8, 4) is 0 Å². The van der Waals surface area contributed by atoms with Gasteiger partial charge in [-0.1, -0.05) is 11.6 Å². The van der Waals surface area contributed by atoms with Gasteiger partial charge in [0.25, 0.3) is 0 Å². The highest BCUT2D eigenvalue weighted by molar-refractivity contribution is 7.91. The Labute approximate surface area is 134 Å². The van der Waals surface area contributed by atoms with Crippen LogP contribution in [-0.2, 0) is 20.4 Å². The molecule has 0 saturated carbocycles. The van der Waals surface area contributed by atoms with Gasteiger partial charge in [-0.15, -0.1) is 11.3 Å². The molecule has 1 amide bonds. The molecule has 0 aliphatic carbocycles. The van der Waals surface area contributed by atoms with Crippen LogP contribution in [0, 0.1) is 11.6 Å². The van der Waals surface area contributed by atoms with Gasteiger partial charge < -0.3 is 5.32 Å². The zero-order chi connectivity index (χ0) is 16.3. The molecule has 0 unspecified atom stereocenters. The summed E-state index contributed by atoms with van der Waals surface area (Å²) in [7, 11) is -3.72. The SMILES string of the molecule is O=C(CS(=O)(=O)Cc1ccc(Cl)s1)Nc1ccc(F)cc1F. The Balaban J connectivity index is 2.01. The summed E-state index contributed by atoms with van der Waals surface area (Å²) in [6, 6.07) is 5.69. The van der Waals surface area contributed by atoms with Crippen LogP contribution in [0.2, 0.25) is 4.34 Å². The van der Waals surface area contributed by atoms with E-state index in [-0.39, 0.29) is 11.4 Å². The first kappa shape index (κ1) is 16.9. The average Bonchev–Trinajstić information content (AvgIpc) is 2.76. The highest BCUT2D eigenvalue weighted by Crippen LogP contribution is 2.23. The molecule has 22 heavy (non-hydrogen) atoms. The number of nitrogens with one attached hydrogen (secondary N) is 1. The third-order valence-corrected chi connectivity index (χ3v) is 5.41. The van der Waals surface area contributed by atoms with Crippen molar-refractivity contribution in [2.45, 2.75) is 5.75 Å². The maximum atomic E-state index is 13.4. The number of carbonyl (C=O) groups excluding carboxylic acids is 1. The molecule has 0 bridgehead atoms. The molecule has 1 aromatic heterocycles. The van der Waals surface area contributed by atoms with Gasteiger partial charge >= 0.3 is 0 Å². The van der Waals surface area contributed by atoms with Crippen molar-refractivity contribution in [2.24, 2.45) is 0 Å². The third kappa shape index (κ3) is 4.75. The first-order valence-corrected chi connectivity index (χ1v) is 8.96. The fourth-order valence-electron chi connectivity index (χ4n) is 1.67. The molecule has 2 aromatic rings. The van der Waals surface area contributed by atoms with Crippen molar-refractivity contribution in [3.05, 3.63) is 51.2 Å². The molecular weight excluding hydrogens is 356 g/mol.